The maximum Gasteiger partial charge on any atom is 0.163 e. The fourth-order valence-corrected chi connectivity index (χ4v) is 2.52. The molecule has 1 aliphatic heterocycles. The molecular formula is C13H14ClN3. The Morgan fingerprint density at radius 3 is 2.76 bits per heavy atom. The molecule has 4 heteroatoms. The highest BCUT2D eigenvalue weighted by atomic mass is 35.5. The van der Waals surface area contributed by atoms with Crippen molar-refractivity contribution in [1.82, 2.24) is 14.8 Å². The van der Waals surface area contributed by atoms with Gasteiger partial charge in [-0.1, -0.05) is 18.5 Å². The second-order valence-corrected chi connectivity index (χ2v) is 5.02. The maximum atomic E-state index is 5.90. The van der Waals surface area contributed by atoms with Crippen molar-refractivity contribution in [3.8, 4) is 11.4 Å². The minimum Gasteiger partial charge on any atom is -0.311 e. The number of fused-ring (bicyclic) bond motifs is 1. The van der Waals surface area contributed by atoms with Crippen LogP contribution >= 0.6 is 11.6 Å². The van der Waals surface area contributed by atoms with E-state index < -0.39 is 0 Å². The Balaban J connectivity index is 2.07. The predicted molar refractivity (Wildman–Crippen MR) is 68.1 cm³/mol. The van der Waals surface area contributed by atoms with Crippen molar-refractivity contribution in [2.45, 2.75) is 32.2 Å². The molecule has 1 aromatic heterocycles. The molecule has 0 spiro atoms. The summed E-state index contributed by atoms with van der Waals surface area (Å²) in [6.07, 6.45) is 2.41. The number of benzene rings is 1. The quantitative estimate of drug-likeness (QED) is 0.772. The topological polar surface area (TPSA) is 30.7 Å². The first kappa shape index (κ1) is 10.8. The first-order valence-electron chi connectivity index (χ1n) is 5.95. The Morgan fingerprint density at radius 2 is 2.00 bits per heavy atom. The second kappa shape index (κ2) is 4.15. The van der Waals surface area contributed by atoms with Crippen LogP contribution in [0.3, 0.4) is 0 Å². The summed E-state index contributed by atoms with van der Waals surface area (Å²) < 4.78 is 2.23. The van der Waals surface area contributed by atoms with Crippen molar-refractivity contribution < 1.29 is 0 Å². The Bertz CT molecular complexity index is 530. The van der Waals surface area contributed by atoms with Crippen LogP contribution in [0.1, 0.15) is 31.5 Å². The lowest BCUT2D eigenvalue weighted by Crippen LogP contribution is -2.14. The molecule has 3 nitrogen and oxygen atoms in total. The lowest BCUT2D eigenvalue weighted by molar-refractivity contribution is 0.466. The van der Waals surface area contributed by atoms with Crippen molar-refractivity contribution in [2.75, 3.05) is 0 Å². The summed E-state index contributed by atoms with van der Waals surface area (Å²) in [5.41, 5.74) is 1.09. The maximum absolute atomic E-state index is 5.90. The van der Waals surface area contributed by atoms with Crippen molar-refractivity contribution in [3.05, 3.63) is 35.1 Å². The van der Waals surface area contributed by atoms with E-state index in [1.807, 2.05) is 24.3 Å². The molecule has 0 aliphatic carbocycles. The molecule has 1 aromatic carbocycles. The van der Waals surface area contributed by atoms with E-state index in [0.717, 1.165) is 28.8 Å². The third-order valence-electron chi connectivity index (χ3n) is 3.34. The standard InChI is InChI=1S/C13H14ClN3/c1-9-3-2-8-17-12(9)15-16-13(17)10-4-6-11(14)7-5-10/h4-7,9H,2-3,8H2,1H3. The highest BCUT2D eigenvalue weighted by molar-refractivity contribution is 6.30. The van der Waals surface area contributed by atoms with E-state index in [1.165, 1.54) is 12.8 Å². The van der Waals surface area contributed by atoms with Gasteiger partial charge in [0.05, 0.1) is 0 Å². The summed E-state index contributed by atoms with van der Waals surface area (Å²) in [7, 11) is 0. The van der Waals surface area contributed by atoms with Gasteiger partial charge in [-0.25, -0.2) is 0 Å². The molecule has 0 fully saturated rings. The van der Waals surface area contributed by atoms with Gasteiger partial charge in [0, 0.05) is 23.0 Å². The largest absolute Gasteiger partial charge is 0.311 e. The van der Waals surface area contributed by atoms with Crippen LogP contribution in [0.15, 0.2) is 24.3 Å². The number of hydrogen-bond acceptors (Lipinski definition) is 2. The predicted octanol–water partition coefficient (Wildman–Crippen LogP) is 3.50. The molecule has 17 heavy (non-hydrogen) atoms. The fourth-order valence-electron chi connectivity index (χ4n) is 2.40. The first-order chi connectivity index (χ1) is 8.25. The van der Waals surface area contributed by atoms with E-state index in [0.29, 0.717) is 5.92 Å². The highest BCUT2D eigenvalue weighted by Gasteiger charge is 2.22. The molecule has 0 N–H and O–H groups in total. The molecule has 2 aromatic rings. The number of hydrogen-bond donors (Lipinski definition) is 0. The van der Waals surface area contributed by atoms with E-state index in [-0.39, 0.29) is 0 Å². The summed E-state index contributed by atoms with van der Waals surface area (Å²) in [5, 5.41) is 9.38. The smallest absolute Gasteiger partial charge is 0.163 e. The SMILES string of the molecule is CC1CCCn2c(-c3ccc(Cl)cc3)nnc21. The van der Waals surface area contributed by atoms with E-state index in [1.54, 1.807) is 0 Å². The highest BCUT2D eigenvalue weighted by Crippen LogP contribution is 2.29. The van der Waals surface area contributed by atoms with Crippen LogP contribution in [0.5, 0.6) is 0 Å². The number of halogens is 1. The molecule has 0 saturated carbocycles. The molecule has 88 valence electrons. The Hall–Kier alpha value is -1.35. The molecule has 2 heterocycles. The zero-order valence-electron chi connectivity index (χ0n) is 9.73. The molecule has 1 atom stereocenters. The normalized spacial score (nSPS) is 19.1. The van der Waals surface area contributed by atoms with E-state index in [4.69, 9.17) is 11.6 Å². The van der Waals surface area contributed by atoms with Crippen LogP contribution in [0, 0.1) is 0 Å². The molecule has 1 unspecified atom stereocenters. The minimum absolute atomic E-state index is 0.511. The monoisotopic (exact) mass is 247 g/mol. The fraction of sp³-hybridized carbons (Fsp3) is 0.385. The van der Waals surface area contributed by atoms with Gasteiger partial charge in [0.25, 0.3) is 0 Å². The third-order valence-corrected chi connectivity index (χ3v) is 3.59. The summed E-state index contributed by atoms with van der Waals surface area (Å²) in [5.74, 6) is 2.58. The number of nitrogens with zero attached hydrogens (tertiary/aromatic N) is 3. The molecule has 0 saturated heterocycles. The average molecular weight is 248 g/mol. The first-order valence-corrected chi connectivity index (χ1v) is 6.32. The van der Waals surface area contributed by atoms with Gasteiger partial charge in [0.2, 0.25) is 0 Å². The Morgan fingerprint density at radius 1 is 1.24 bits per heavy atom. The van der Waals surface area contributed by atoms with Crippen LogP contribution in [0.4, 0.5) is 0 Å². The van der Waals surface area contributed by atoms with Crippen LogP contribution in [-0.4, -0.2) is 14.8 Å². The van der Waals surface area contributed by atoms with Gasteiger partial charge in [0.1, 0.15) is 5.82 Å². The van der Waals surface area contributed by atoms with Crippen LogP contribution < -0.4 is 0 Å². The summed E-state index contributed by atoms with van der Waals surface area (Å²) >= 11 is 5.90. The molecule has 0 amide bonds. The molecule has 1 aliphatic rings. The van der Waals surface area contributed by atoms with E-state index in [9.17, 15) is 0 Å². The lowest BCUT2D eigenvalue weighted by atomic mass is 10.0. The van der Waals surface area contributed by atoms with E-state index in [2.05, 4.69) is 21.7 Å². The minimum atomic E-state index is 0.511. The zero-order chi connectivity index (χ0) is 11.8. The third kappa shape index (κ3) is 1.84. The summed E-state index contributed by atoms with van der Waals surface area (Å²) in [4.78, 5) is 0. The van der Waals surface area contributed by atoms with Gasteiger partial charge >= 0.3 is 0 Å². The van der Waals surface area contributed by atoms with Crippen molar-refractivity contribution in [1.29, 1.82) is 0 Å². The number of aromatic nitrogens is 3. The molecule has 0 radical (unpaired) electrons. The van der Waals surface area contributed by atoms with Crippen LogP contribution in [-0.2, 0) is 6.54 Å². The van der Waals surface area contributed by atoms with Gasteiger partial charge in [-0.05, 0) is 37.1 Å². The summed E-state index contributed by atoms with van der Waals surface area (Å²) in [6.45, 7) is 3.23. The lowest BCUT2D eigenvalue weighted by Gasteiger charge is -2.20. The average Bonchev–Trinajstić information content (AvgIpc) is 2.75. The van der Waals surface area contributed by atoms with Crippen molar-refractivity contribution in [2.24, 2.45) is 0 Å². The van der Waals surface area contributed by atoms with Gasteiger partial charge < -0.3 is 4.57 Å². The van der Waals surface area contributed by atoms with Crippen LogP contribution in [0.25, 0.3) is 11.4 Å². The van der Waals surface area contributed by atoms with Crippen LogP contribution in [0.2, 0.25) is 5.02 Å². The Labute approximate surface area is 105 Å². The summed E-state index contributed by atoms with van der Waals surface area (Å²) in [6, 6.07) is 7.79. The number of rotatable bonds is 1. The molecular weight excluding hydrogens is 234 g/mol. The van der Waals surface area contributed by atoms with Gasteiger partial charge in [-0.15, -0.1) is 10.2 Å². The van der Waals surface area contributed by atoms with Crippen molar-refractivity contribution in [3.63, 3.8) is 0 Å². The second-order valence-electron chi connectivity index (χ2n) is 4.58. The molecule has 0 bridgehead atoms. The zero-order valence-corrected chi connectivity index (χ0v) is 10.5. The van der Waals surface area contributed by atoms with Gasteiger partial charge in [0.15, 0.2) is 5.82 Å². The molecule has 3 rings (SSSR count). The van der Waals surface area contributed by atoms with Gasteiger partial charge in [-0.2, -0.15) is 0 Å². The Kier molecular flexibility index (Phi) is 2.63. The van der Waals surface area contributed by atoms with Crippen molar-refractivity contribution >= 4 is 11.6 Å². The van der Waals surface area contributed by atoms with Gasteiger partial charge in [-0.3, -0.25) is 0 Å². The van der Waals surface area contributed by atoms with E-state index >= 15 is 0 Å².